The number of ether oxygens (including phenoxy) is 2. The lowest BCUT2D eigenvalue weighted by atomic mass is 10.2. The molecule has 1 aliphatic rings. The van der Waals surface area contributed by atoms with Crippen LogP contribution < -0.4 is 0 Å². The summed E-state index contributed by atoms with van der Waals surface area (Å²) in [5.74, 6) is -0.701. The molecule has 6 heteroatoms. The number of allylic oxidation sites excluding steroid dienone is 1. The molecule has 0 N–H and O–H groups in total. The SMILES string of the molecule is COC(=O)/C=C1/OC(c2ccc(Br)cc2)=C(Br)C1=O. The average molecular weight is 388 g/mol. The zero-order valence-corrected chi connectivity index (χ0v) is 12.9. The van der Waals surface area contributed by atoms with Gasteiger partial charge in [-0.25, -0.2) is 4.79 Å². The van der Waals surface area contributed by atoms with Gasteiger partial charge in [0.1, 0.15) is 4.48 Å². The Hall–Kier alpha value is -1.40. The van der Waals surface area contributed by atoms with Crippen molar-refractivity contribution in [1.29, 1.82) is 0 Å². The lowest BCUT2D eigenvalue weighted by Gasteiger charge is -2.04. The van der Waals surface area contributed by atoms with Gasteiger partial charge in [0.05, 0.1) is 13.2 Å². The lowest BCUT2D eigenvalue weighted by molar-refractivity contribution is -0.135. The number of Topliss-reactive ketones (excluding diaryl/α,β-unsaturated/α-hetero) is 1. The fourth-order valence-electron chi connectivity index (χ4n) is 1.46. The van der Waals surface area contributed by atoms with Crippen LogP contribution in [0.5, 0.6) is 0 Å². The first-order valence-electron chi connectivity index (χ1n) is 5.21. The first-order valence-corrected chi connectivity index (χ1v) is 6.79. The Morgan fingerprint density at radius 3 is 2.47 bits per heavy atom. The summed E-state index contributed by atoms with van der Waals surface area (Å²) in [7, 11) is 1.23. The molecule has 0 aromatic heterocycles. The van der Waals surface area contributed by atoms with Crippen molar-refractivity contribution in [2.45, 2.75) is 0 Å². The van der Waals surface area contributed by atoms with Gasteiger partial charge in [-0.05, 0) is 28.1 Å². The Labute approximate surface area is 126 Å². The number of benzene rings is 1. The van der Waals surface area contributed by atoms with Crippen molar-refractivity contribution < 1.29 is 19.1 Å². The largest absolute Gasteiger partial charge is 0.466 e. The molecule has 1 aromatic carbocycles. The number of esters is 1. The highest BCUT2D eigenvalue weighted by Gasteiger charge is 2.30. The summed E-state index contributed by atoms with van der Waals surface area (Å²) >= 11 is 6.50. The highest BCUT2D eigenvalue weighted by atomic mass is 79.9. The predicted octanol–water partition coefficient (Wildman–Crippen LogP) is 3.17. The molecule has 0 bridgehead atoms. The van der Waals surface area contributed by atoms with Gasteiger partial charge in [0.2, 0.25) is 5.78 Å². The smallest absolute Gasteiger partial charge is 0.334 e. The molecule has 1 heterocycles. The Balaban J connectivity index is 2.33. The molecular weight excluding hydrogens is 380 g/mol. The summed E-state index contributed by atoms with van der Waals surface area (Å²) in [5, 5.41) is 0. The van der Waals surface area contributed by atoms with E-state index in [2.05, 4.69) is 36.6 Å². The van der Waals surface area contributed by atoms with Gasteiger partial charge in [0.15, 0.2) is 11.5 Å². The van der Waals surface area contributed by atoms with Gasteiger partial charge in [0, 0.05) is 10.0 Å². The molecule has 0 spiro atoms. The molecule has 1 aromatic rings. The fourth-order valence-corrected chi connectivity index (χ4v) is 2.23. The molecule has 0 saturated heterocycles. The number of carbonyl (C=O) groups excluding carboxylic acids is 2. The van der Waals surface area contributed by atoms with E-state index in [-0.39, 0.29) is 16.0 Å². The van der Waals surface area contributed by atoms with Crippen molar-refractivity contribution >= 4 is 49.4 Å². The maximum atomic E-state index is 11.9. The van der Waals surface area contributed by atoms with Crippen LogP contribution in [0.2, 0.25) is 0 Å². The molecule has 0 unspecified atom stereocenters. The third-order valence-electron chi connectivity index (χ3n) is 2.39. The Bertz CT molecular complexity index is 600. The summed E-state index contributed by atoms with van der Waals surface area (Å²) in [6.45, 7) is 0. The number of hydrogen-bond acceptors (Lipinski definition) is 4. The van der Waals surface area contributed by atoms with Crippen LogP contribution in [0.4, 0.5) is 0 Å². The van der Waals surface area contributed by atoms with Crippen LogP contribution in [0, 0.1) is 0 Å². The van der Waals surface area contributed by atoms with E-state index in [0.717, 1.165) is 16.1 Å². The van der Waals surface area contributed by atoms with Crippen LogP contribution in [0.25, 0.3) is 5.76 Å². The summed E-state index contributed by atoms with van der Waals surface area (Å²) < 4.78 is 11.1. The summed E-state index contributed by atoms with van der Waals surface area (Å²) in [4.78, 5) is 23.0. The van der Waals surface area contributed by atoms with Crippen LogP contribution >= 0.6 is 31.9 Å². The van der Waals surface area contributed by atoms with Gasteiger partial charge in [-0.3, -0.25) is 4.79 Å². The molecule has 98 valence electrons. The van der Waals surface area contributed by atoms with Crippen molar-refractivity contribution in [2.75, 3.05) is 7.11 Å². The average Bonchev–Trinajstić information content (AvgIpc) is 2.68. The molecule has 4 nitrogen and oxygen atoms in total. The Kier molecular flexibility index (Phi) is 4.21. The topological polar surface area (TPSA) is 52.6 Å². The first-order chi connectivity index (χ1) is 9.02. The Morgan fingerprint density at radius 1 is 1.26 bits per heavy atom. The summed E-state index contributed by atoms with van der Waals surface area (Å²) in [6, 6.07) is 7.26. The monoisotopic (exact) mass is 386 g/mol. The van der Waals surface area contributed by atoms with E-state index < -0.39 is 5.97 Å². The quantitative estimate of drug-likeness (QED) is 0.577. The predicted molar refractivity (Wildman–Crippen MR) is 76.2 cm³/mol. The molecule has 0 radical (unpaired) electrons. The summed E-state index contributed by atoms with van der Waals surface area (Å²) in [5.41, 5.74) is 0.733. The second kappa shape index (κ2) is 5.71. The van der Waals surface area contributed by atoms with Crippen LogP contribution in [0.3, 0.4) is 0 Å². The van der Waals surface area contributed by atoms with E-state index in [4.69, 9.17) is 4.74 Å². The van der Waals surface area contributed by atoms with Crippen molar-refractivity contribution in [2.24, 2.45) is 0 Å². The van der Waals surface area contributed by atoms with E-state index in [9.17, 15) is 9.59 Å². The second-order valence-electron chi connectivity index (χ2n) is 3.61. The van der Waals surface area contributed by atoms with Gasteiger partial charge in [0.25, 0.3) is 0 Å². The number of methoxy groups -OCH3 is 1. The van der Waals surface area contributed by atoms with Crippen LogP contribution in [-0.2, 0) is 19.1 Å². The van der Waals surface area contributed by atoms with Crippen molar-refractivity contribution in [3.8, 4) is 0 Å². The summed E-state index contributed by atoms with van der Waals surface area (Å²) in [6.07, 6.45) is 1.02. The second-order valence-corrected chi connectivity index (χ2v) is 5.32. The molecule has 19 heavy (non-hydrogen) atoms. The third kappa shape index (κ3) is 2.96. The van der Waals surface area contributed by atoms with E-state index in [0.29, 0.717) is 5.76 Å². The molecule has 0 saturated carbocycles. The van der Waals surface area contributed by atoms with E-state index >= 15 is 0 Å². The molecule has 0 aliphatic carbocycles. The third-order valence-corrected chi connectivity index (χ3v) is 3.64. The van der Waals surface area contributed by atoms with Gasteiger partial charge in [-0.15, -0.1) is 0 Å². The zero-order chi connectivity index (χ0) is 14.0. The fraction of sp³-hybridized carbons (Fsp3) is 0.0769. The highest BCUT2D eigenvalue weighted by Crippen LogP contribution is 2.35. The number of hydrogen-bond donors (Lipinski definition) is 0. The zero-order valence-electron chi connectivity index (χ0n) is 9.78. The van der Waals surface area contributed by atoms with Gasteiger partial charge in [-0.1, -0.05) is 28.1 Å². The molecule has 2 rings (SSSR count). The van der Waals surface area contributed by atoms with Gasteiger partial charge < -0.3 is 9.47 Å². The van der Waals surface area contributed by atoms with Gasteiger partial charge >= 0.3 is 5.97 Å². The number of halogens is 2. The molecule has 1 aliphatic heterocycles. The minimum absolute atomic E-state index is 0.0587. The van der Waals surface area contributed by atoms with Crippen LogP contribution in [0.15, 0.2) is 45.1 Å². The first kappa shape index (κ1) is 14.0. The number of rotatable bonds is 2. The minimum atomic E-state index is -0.638. The van der Waals surface area contributed by atoms with Crippen molar-refractivity contribution in [3.63, 3.8) is 0 Å². The molecular formula is C13H8Br2O4. The van der Waals surface area contributed by atoms with E-state index in [1.807, 2.05) is 12.1 Å². The van der Waals surface area contributed by atoms with Gasteiger partial charge in [-0.2, -0.15) is 0 Å². The standard InChI is InChI=1S/C13H8Br2O4/c1-18-10(16)6-9-12(17)11(15)13(19-9)7-2-4-8(14)5-3-7/h2-6H,1H3/b9-6+. The number of ketones is 1. The Morgan fingerprint density at radius 2 is 1.89 bits per heavy atom. The maximum Gasteiger partial charge on any atom is 0.334 e. The lowest BCUT2D eigenvalue weighted by Crippen LogP contribution is -2.02. The normalized spacial score (nSPS) is 16.8. The van der Waals surface area contributed by atoms with Crippen LogP contribution in [0.1, 0.15) is 5.56 Å². The van der Waals surface area contributed by atoms with Crippen molar-refractivity contribution in [1.82, 2.24) is 0 Å². The van der Waals surface area contributed by atoms with Crippen molar-refractivity contribution in [3.05, 3.63) is 50.6 Å². The van der Waals surface area contributed by atoms with E-state index in [1.54, 1.807) is 12.1 Å². The number of carbonyl (C=O) groups is 2. The highest BCUT2D eigenvalue weighted by molar-refractivity contribution is 9.12. The molecule has 0 atom stereocenters. The maximum absolute atomic E-state index is 11.9. The van der Waals surface area contributed by atoms with Crippen LogP contribution in [-0.4, -0.2) is 18.9 Å². The molecule has 0 amide bonds. The minimum Gasteiger partial charge on any atom is -0.466 e. The van der Waals surface area contributed by atoms with E-state index in [1.165, 1.54) is 7.11 Å². The molecule has 0 fully saturated rings.